The summed E-state index contributed by atoms with van der Waals surface area (Å²) in [7, 11) is -3.17. The van der Waals surface area contributed by atoms with Crippen molar-refractivity contribution < 1.29 is 8.42 Å². The topological polar surface area (TPSA) is 110 Å². The zero-order chi connectivity index (χ0) is 19.4. The highest BCUT2D eigenvalue weighted by Gasteiger charge is 2.23. The molecule has 148 valence electrons. The van der Waals surface area contributed by atoms with Crippen molar-refractivity contribution >= 4 is 32.7 Å². The van der Waals surface area contributed by atoms with Crippen LogP contribution in [0.5, 0.6) is 0 Å². The van der Waals surface area contributed by atoms with Gasteiger partial charge in [-0.1, -0.05) is 12.1 Å². The molecule has 1 aliphatic rings. The van der Waals surface area contributed by atoms with Crippen LogP contribution in [0.1, 0.15) is 39.5 Å². The van der Waals surface area contributed by atoms with E-state index in [1.165, 1.54) is 0 Å². The van der Waals surface area contributed by atoms with Crippen molar-refractivity contribution in [1.82, 2.24) is 14.7 Å². The van der Waals surface area contributed by atoms with Crippen molar-refractivity contribution in [1.29, 1.82) is 0 Å². The van der Waals surface area contributed by atoms with Crippen LogP contribution >= 0.6 is 0 Å². The van der Waals surface area contributed by atoms with Gasteiger partial charge < -0.3 is 11.1 Å². The fourth-order valence-corrected chi connectivity index (χ4v) is 4.26. The van der Waals surface area contributed by atoms with Crippen molar-refractivity contribution in [3.05, 3.63) is 24.3 Å². The number of fused-ring (bicyclic) bond motifs is 1. The standard InChI is InChI=1S/C19H29N5O2S/c1-13(2)27(25,26)22-12-15-9-7-14(8-10-15)11-21-19-23-17-6-4-3-5-16(17)18(20)24-19/h3-6,13-15,22H,7-12H2,1-2H3,(H3,20,21,23,24). The van der Waals surface area contributed by atoms with Crippen LogP contribution in [0.2, 0.25) is 0 Å². The lowest BCUT2D eigenvalue weighted by Gasteiger charge is -2.29. The fourth-order valence-electron chi connectivity index (χ4n) is 3.46. The number of nitrogens with two attached hydrogens (primary N) is 1. The van der Waals surface area contributed by atoms with Crippen molar-refractivity contribution in [3.8, 4) is 0 Å². The first-order valence-electron chi connectivity index (χ1n) is 9.59. The average Bonchev–Trinajstić information content (AvgIpc) is 2.65. The first-order valence-corrected chi connectivity index (χ1v) is 11.1. The summed E-state index contributed by atoms with van der Waals surface area (Å²) in [6, 6.07) is 7.72. The smallest absolute Gasteiger partial charge is 0.225 e. The second-order valence-electron chi connectivity index (χ2n) is 7.66. The second-order valence-corrected chi connectivity index (χ2v) is 9.98. The van der Waals surface area contributed by atoms with Crippen LogP contribution in [0.25, 0.3) is 10.9 Å². The molecule has 0 atom stereocenters. The Kier molecular flexibility index (Phi) is 6.16. The number of rotatable bonds is 7. The van der Waals surface area contributed by atoms with Crippen LogP contribution in [0.15, 0.2) is 24.3 Å². The van der Waals surface area contributed by atoms with Gasteiger partial charge in [0.2, 0.25) is 16.0 Å². The van der Waals surface area contributed by atoms with Crippen LogP contribution in [-0.2, 0) is 10.0 Å². The van der Waals surface area contributed by atoms with E-state index in [0.29, 0.717) is 30.1 Å². The first kappa shape index (κ1) is 19.8. The average molecular weight is 392 g/mol. The quantitative estimate of drug-likeness (QED) is 0.669. The third-order valence-electron chi connectivity index (χ3n) is 5.34. The predicted molar refractivity (Wildman–Crippen MR) is 110 cm³/mol. The normalized spacial score (nSPS) is 20.9. The summed E-state index contributed by atoms with van der Waals surface area (Å²) in [6.45, 7) is 4.76. The van der Waals surface area contributed by atoms with Gasteiger partial charge in [0.05, 0.1) is 10.8 Å². The van der Waals surface area contributed by atoms with E-state index < -0.39 is 10.0 Å². The van der Waals surface area contributed by atoms with Gasteiger partial charge in [0.25, 0.3) is 0 Å². The van der Waals surface area contributed by atoms with Gasteiger partial charge in [0, 0.05) is 18.5 Å². The molecule has 1 heterocycles. The summed E-state index contributed by atoms with van der Waals surface area (Å²) >= 11 is 0. The zero-order valence-corrected chi connectivity index (χ0v) is 16.8. The number of para-hydroxylation sites is 1. The van der Waals surface area contributed by atoms with E-state index in [2.05, 4.69) is 20.0 Å². The maximum absolute atomic E-state index is 11.9. The Morgan fingerprint density at radius 3 is 2.37 bits per heavy atom. The summed E-state index contributed by atoms with van der Waals surface area (Å²) in [5.74, 6) is 2.02. The Morgan fingerprint density at radius 1 is 1.07 bits per heavy atom. The van der Waals surface area contributed by atoms with Gasteiger partial charge in [0.1, 0.15) is 5.82 Å². The monoisotopic (exact) mass is 391 g/mol. The molecule has 1 fully saturated rings. The lowest BCUT2D eigenvalue weighted by molar-refractivity contribution is 0.284. The summed E-state index contributed by atoms with van der Waals surface area (Å²) in [5, 5.41) is 3.81. The zero-order valence-electron chi connectivity index (χ0n) is 16.0. The molecule has 27 heavy (non-hydrogen) atoms. The summed E-state index contributed by atoms with van der Waals surface area (Å²) in [4.78, 5) is 8.88. The maximum atomic E-state index is 11.9. The van der Waals surface area contributed by atoms with E-state index in [0.717, 1.165) is 43.1 Å². The molecule has 0 unspecified atom stereocenters. The van der Waals surface area contributed by atoms with Gasteiger partial charge in [0.15, 0.2) is 0 Å². The van der Waals surface area contributed by atoms with Crippen LogP contribution in [0.3, 0.4) is 0 Å². The molecule has 0 amide bonds. The lowest BCUT2D eigenvalue weighted by atomic mass is 9.82. The van der Waals surface area contributed by atoms with Crippen molar-refractivity contribution in [2.75, 3.05) is 24.1 Å². The van der Waals surface area contributed by atoms with Gasteiger partial charge in [-0.25, -0.2) is 18.1 Å². The third-order valence-corrected chi connectivity index (χ3v) is 7.15. The fraction of sp³-hybridized carbons (Fsp3) is 0.579. The summed E-state index contributed by atoms with van der Waals surface area (Å²) in [6.07, 6.45) is 4.22. The molecule has 1 aromatic carbocycles. The maximum Gasteiger partial charge on any atom is 0.225 e. The Hall–Kier alpha value is -1.93. The van der Waals surface area contributed by atoms with E-state index in [1.807, 2.05) is 24.3 Å². The molecule has 1 aliphatic carbocycles. The van der Waals surface area contributed by atoms with E-state index >= 15 is 0 Å². The van der Waals surface area contributed by atoms with Crippen LogP contribution < -0.4 is 15.8 Å². The molecular weight excluding hydrogens is 362 g/mol. The number of hydrogen-bond donors (Lipinski definition) is 3. The Labute approximate surface area is 161 Å². The molecule has 0 saturated heterocycles. The molecule has 4 N–H and O–H groups in total. The Bertz CT molecular complexity index is 877. The molecule has 8 heteroatoms. The van der Waals surface area contributed by atoms with Gasteiger partial charge in [-0.3, -0.25) is 0 Å². The number of sulfonamides is 1. The van der Waals surface area contributed by atoms with E-state index in [4.69, 9.17) is 5.73 Å². The molecular formula is C19H29N5O2S. The number of nitrogens with one attached hydrogen (secondary N) is 2. The minimum absolute atomic E-state index is 0.382. The van der Waals surface area contributed by atoms with Gasteiger partial charge in [-0.15, -0.1) is 0 Å². The van der Waals surface area contributed by atoms with Crippen LogP contribution in [0.4, 0.5) is 11.8 Å². The highest BCUT2D eigenvalue weighted by Crippen LogP contribution is 2.29. The van der Waals surface area contributed by atoms with E-state index in [-0.39, 0.29) is 5.25 Å². The summed E-state index contributed by atoms with van der Waals surface area (Å²) in [5.41, 5.74) is 6.87. The van der Waals surface area contributed by atoms with Gasteiger partial charge in [-0.2, -0.15) is 4.98 Å². The van der Waals surface area contributed by atoms with E-state index in [9.17, 15) is 8.42 Å². The molecule has 0 bridgehead atoms. The molecule has 3 rings (SSSR count). The van der Waals surface area contributed by atoms with Crippen LogP contribution in [-0.4, -0.2) is 36.7 Å². The number of nitrogen functional groups attached to an aromatic ring is 1. The number of hydrogen-bond acceptors (Lipinski definition) is 6. The molecule has 7 nitrogen and oxygen atoms in total. The van der Waals surface area contributed by atoms with Gasteiger partial charge in [-0.05, 0) is 63.5 Å². The molecule has 1 saturated carbocycles. The molecule has 2 aromatic rings. The predicted octanol–water partition coefficient (Wildman–Crippen LogP) is 2.76. The van der Waals surface area contributed by atoms with Crippen molar-refractivity contribution in [3.63, 3.8) is 0 Å². The van der Waals surface area contributed by atoms with E-state index in [1.54, 1.807) is 13.8 Å². The first-order chi connectivity index (χ1) is 12.8. The number of nitrogens with zero attached hydrogens (tertiary/aromatic N) is 2. The molecule has 0 spiro atoms. The Morgan fingerprint density at radius 2 is 1.70 bits per heavy atom. The Balaban J connectivity index is 1.47. The highest BCUT2D eigenvalue weighted by atomic mass is 32.2. The number of benzene rings is 1. The summed E-state index contributed by atoms with van der Waals surface area (Å²) < 4.78 is 26.5. The molecule has 1 aromatic heterocycles. The van der Waals surface area contributed by atoms with Crippen molar-refractivity contribution in [2.45, 2.75) is 44.8 Å². The minimum Gasteiger partial charge on any atom is -0.383 e. The largest absolute Gasteiger partial charge is 0.383 e. The lowest BCUT2D eigenvalue weighted by Crippen LogP contribution is -2.36. The third kappa shape index (κ3) is 5.07. The number of aromatic nitrogens is 2. The minimum atomic E-state index is -3.17. The SMILES string of the molecule is CC(C)S(=O)(=O)NCC1CCC(CNc2nc(N)c3ccccc3n2)CC1. The second kappa shape index (κ2) is 8.39. The van der Waals surface area contributed by atoms with Gasteiger partial charge >= 0.3 is 0 Å². The highest BCUT2D eigenvalue weighted by molar-refractivity contribution is 7.90. The number of anilines is 2. The molecule has 0 radical (unpaired) electrons. The molecule has 0 aliphatic heterocycles. The van der Waals surface area contributed by atoms with Crippen molar-refractivity contribution in [2.24, 2.45) is 11.8 Å². The van der Waals surface area contributed by atoms with Crippen LogP contribution in [0, 0.1) is 11.8 Å².